The van der Waals surface area contributed by atoms with E-state index in [0.29, 0.717) is 5.01 Å². The van der Waals surface area contributed by atoms with E-state index in [1.165, 1.54) is 48.7 Å². The van der Waals surface area contributed by atoms with Crippen molar-refractivity contribution in [2.45, 2.75) is 24.8 Å². The number of nitrogens with zero attached hydrogens (tertiary/aromatic N) is 1. The fourth-order valence-corrected chi connectivity index (χ4v) is 2.74. The summed E-state index contributed by atoms with van der Waals surface area (Å²) in [6, 6.07) is 6.68. The number of esters is 1. The molecule has 1 heterocycles. The number of hydrogen-bond acceptors (Lipinski definition) is 5. The maximum atomic E-state index is 13.7. The summed E-state index contributed by atoms with van der Waals surface area (Å²) in [5.74, 6) is -1.53. The predicted molar refractivity (Wildman–Crippen MR) is 77.8 cm³/mol. The topological polar surface area (TPSA) is 48.4 Å². The lowest BCUT2D eigenvalue weighted by molar-refractivity contribution is -0.278. The Kier molecular flexibility index (Phi) is 5.06. The third-order valence-electron chi connectivity index (χ3n) is 3.26. The third-order valence-corrected chi connectivity index (χ3v) is 4.19. The van der Waals surface area contributed by atoms with Crippen LogP contribution in [0.15, 0.2) is 41.9 Å². The summed E-state index contributed by atoms with van der Waals surface area (Å²) in [5, 5.41) is 2.04. The van der Waals surface area contributed by atoms with E-state index in [-0.39, 0.29) is 5.56 Å². The molecule has 2 aromatic rings. The van der Waals surface area contributed by atoms with Crippen LogP contribution in [0.5, 0.6) is 0 Å². The minimum Gasteiger partial charge on any atom is -0.453 e. The molecule has 0 aliphatic heterocycles. The van der Waals surface area contributed by atoms with E-state index < -0.39 is 23.9 Å². The first-order chi connectivity index (χ1) is 10.8. The summed E-state index contributed by atoms with van der Waals surface area (Å²) in [7, 11) is 0.829. The van der Waals surface area contributed by atoms with Gasteiger partial charge in [0.15, 0.2) is 6.10 Å². The summed E-state index contributed by atoms with van der Waals surface area (Å²) >= 11 is 1.18. The van der Waals surface area contributed by atoms with Crippen molar-refractivity contribution < 1.29 is 27.4 Å². The van der Waals surface area contributed by atoms with Crippen LogP contribution in [0.2, 0.25) is 0 Å². The van der Waals surface area contributed by atoms with Crippen LogP contribution in [0.4, 0.5) is 13.2 Å². The fourth-order valence-electron chi connectivity index (χ4n) is 2.12. The number of ether oxygens (including phenoxy) is 2. The van der Waals surface area contributed by atoms with Crippen LogP contribution in [0, 0.1) is 0 Å². The summed E-state index contributed by atoms with van der Waals surface area (Å²) in [5.41, 5.74) is -3.52. The van der Waals surface area contributed by atoms with Gasteiger partial charge in [0.25, 0.3) is 5.60 Å². The molecule has 2 rings (SSSR count). The first kappa shape index (κ1) is 17.4. The molecule has 1 aromatic heterocycles. The van der Waals surface area contributed by atoms with E-state index in [1.54, 1.807) is 11.4 Å². The smallest absolute Gasteiger partial charge is 0.432 e. The monoisotopic (exact) mass is 345 g/mol. The lowest BCUT2D eigenvalue weighted by Crippen LogP contribution is -2.51. The number of methoxy groups -OCH3 is 1. The molecule has 124 valence electrons. The van der Waals surface area contributed by atoms with Crippen molar-refractivity contribution in [2.24, 2.45) is 0 Å². The second kappa shape index (κ2) is 6.67. The van der Waals surface area contributed by atoms with Gasteiger partial charge in [-0.2, -0.15) is 13.2 Å². The second-order valence-electron chi connectivity index (χ2n) is 4.67. The van der Waals surface area contributed by atoms with Crippen LogP contribution in [0.25, 0.3) is 0 Å². The molecule has 1 aromatic carbocycles. The molecule has 0 fully saturated rings. The van der Waals surface area contributed by atoms with Gasteiger partial charge in [0.05, 0.1) is 0 Å². The quantitative estimate of drug-likeness (QED) is 0.773. The van der Waals surface area contributed by atoms with Gasteiger partial charge < -0.3 is 9.47 Å². The van der Waals surface area contributed by atoms with Crippen molar-refractivity contribution in [3.8, 4) is 0 Å². The van der Waals surface area contributed by atoms with Gasteiger partial charge in [-0.05, 0) is 6.92 Å². The highest BCUT2D eigenvalue weighted by Gasteiger charge is 2.64. The van der Waals surface area contributed by atoms with Crippen LogP contribution in [-0.4, -0.2) is 24.2 Å². The van der Waals surface area contributed by atoms with Crippen LogP contribution in [0.1, 0.15) is 23.6 Å². The van der Waals surface area contributed by atoms with E-state index in [4.69, 9.17) is 4.74 Å². The highest BCUT2D eigenvalue weighted by Crippen LogP contribution is 2.43. The Balaban J connectivity index is 2.40. The van der Waals surface area contributed by atoms with Gasteiger partial charge in [0.1, 0.15) is 5.01 Å². The molecule has 0 saturated heterocycles. The molecule has 0 spiro atoms. The summed E-state index contributed by atoms with van der Waals surface area (Å²) < 4.78 is 50.6. The van der Waals surface area contributed by atoms with Crippen LogP contribution in [-0.2, 0) is 19.9 Å². The van der Waals surface area contributed by atoms with Gasteiger partial charge in [0, 0.05) is 24.3 Å². The molecule has 8 heteroatoms. The van der Waals surface area contributed by atoms with Crippen LogP contribution < -0.4 is 0 Å². The average molecular weight is 345 g/mol. The molecular formula is C15H14F3NO3S. The summed E-state index contributed by atoms with van der Waals surface area (Å²) in [4.78, 5) is 16.3. The number of benzene rings is 1. The Morgan fingerprint density at radius 3 is 2.39 bits per heavy atom. The van der Waals surface area contributed by atoms with Crippen molar-refractivity contribution >= 4 is 17.3 Å². The zero-order valence-corrected chi connectivity index (χ0v) is 13.1. The van der Waals surface area contributed by atoms with Crippen molar-refractivity contribution in [3.63, 3.8) is 0 Å². The lowest BCUT2D eigenvalue weighted by Gasteiger charge is -2.33. The van der Waals surface area contributed by atoms with E-state index >= 15 is 0 Å². The number of halogens is 3. The number of alkyl halides is 3. The van der Waals surface area contributed by atoms with Crippen molar-refractivity contribution in [3.05, 3.63) is 52.5 Å². The zero-order chi connectivity index (χ0) is 17.1. The Morgan fingerprint density at radius 1 is 1.26 bits per heavy atom. The van der Waals surface area contributed by atoms with E-state index in [0.717, 1.165) is 7.11 Å². The summed E-state index contributed by atoms with van der Waals surface area (Å²) in [6.07, 6.45) is -4.42. The highest BCUT2D eigenvalue weighted by atomic mass is 32.1. The largest absolute Gasteiger partial charge is 0.453 e. The number of carbonyl (C=O) groups excluding carboxylic acids is 1. The molecule has 0 aliphatic carbocycles. The molecule has 0 aliphatic rings. The number of thiazole rings is 1. The predicted octanol–water partition coefficient (Wildman–Crippen LogP) is 3.85. The minimum atomic E-state index is -4.98. The molecule has 0 amide bonds. The molecule has 0 radical (unpaired) electrons. The van der Waals surface area contributed by atoms with Crippen molar-refractivity contribution in [2.75, 3.05) is 7.11 Å². The Bertz CT molecular complexity index is 646. The number of rotatable bonds is 5. The van der Waals surface area contributed by atoms with Gasteiger partial charge in [-0.1, -0.05) is 30.3 Å². The van der Waals surface area contributed by atoms with E-state index in [9.17, 15) is 18.0 Å². The third kappa shape index (κ3) is 3.23. The van der Waals surface area contributed by atoms with Gasteiger partial charge in [0.2, 0.25) is 0 Å². The zero-order valence-electron chi connectivity index (χ0n) is 12.3. The van der Waals surface area contributed by atoms with Gasteiger partial charge in [-0.15, -0.1) is 11.3 Å². The van der Waals surface area contributed by atoms with E-state index in [1.807, 2.05) is 0 Å². The first-order valence-corrected chi connectivity index (χ1v) is 7.48. The SMILES string of the molecule is CO[C@](C(=O)O[C@@H](C)c1nccs1)(c1ccccc1)C(F)(F)F. The minimum absolute atomic E-state index is 0.341. The molecule has 4 nitrogen and oxygen atoms in total. The molecule has 0 bridgehead atoms. The average Bonchev–Trinajstić information content (AvgIpc) is 3.02. The molecule has 2 atom stereocenters. The normalized spacial score (nSPS) is 15.7. The maximum Gasteiger partial charge on any atom is 0.432 e. The van der Waals surface area contributed by atoms with Gasteiger partial charge in [-0.3, -0.25) is 0 Å². The molecule has 0 saturated carbocycles. The van der Waals surface area contributed by atoms with Crippen molar-refractivity contribution in [1.82, 2.24) is 4.98 Å². The first-order valence-electron chi connectivity index (χ1n) is 6.60. The van der Waals surface area contributed by atoms with Crippen molar-refractivity contribution in [1.29, 1.82) is 0 Å². The maximum absolute atomic E-state index is 13.7. The Labute approximate surface area is 134 Å². The molecular weight excluding hydrogens is 331 g/mol. The standard InChI is InChI=1S/C15H14F3NO3S/c1-10(12-19-8-9-23-12)22-13(20)14(21-2,15(16,17)18)11-6-4-3-5-7-11/h3-10H,1-2H3/t10-,14-/m0/s1. The second-order valence-corrected chi connectivity index (χ2v) is 5.59. The molecule has 23 heavy (non-hydrogen) atoms. The fraction of sp³-hybridized carbons (Fsp3) is 0.333. The number of carbonyl (C=O) groups is 1. The number of hydrogen-bond donors (Lipinski definition) is 0. The van der Waals surface area contributed by atoms with Gasteiger partial charge in [-0.25, -0.2) is 9.78 Å². The van der Waals surface area contributed by atoms with Crippen LogP contribution >= 0.6 is 11.3 Å². The molecule has 0 unspecified atom stereocenters. The summed E-state index contributed by atoms with van der Waals surface area (Å²) in [6.45, 7) is 1.46. The number of aromatic nitrogens is 1. The van der Waals surface area contributed by atoms with Crippen LogP contribution in [0.3, 0.4) is 0 Å². The Morgan fingerprint density at radius 2 is 1.91 bits per heavy atom. The van der Waals surface area contributed by atoms with E-state index in [2.05, 4.69) is 9.72 Å². The Hall–Kier alpha value is -1.93. The van der Waals surface area contributed by atoms with Gasteiger partial charge >= 0.3 is 12.1 Å². The lowest BCUT2D eigenvalue weighted by atomic mass is 9.92. The highest BCUT2D eigenvalue weighted by molar-refractivity contribution is 7.09. The molecule has 0 N–H and O–H groups in total.